The second-order valence-corrected chi connectivity index (χ2v) is 7.40. The molecule has 0 aromatic rings. The van der Waals surface area contributed by atoms with Gasteiger partial charge in [0, 0.05) is 12.6 Å². The van der Waals surface area contributed by atoms with E-state index in [1.54, 1.807) is 0 Å². The van der Waals surface area contributed by atoms with Crippen molar-refractivity contribution >= 4 is 5.91 Å². The summed E-state index contributed by atoms with van der Waals surface area (Å²) in [4.78, 5) is 12.9. The Morgan fingerprint density at radius 3 is 2.53 bits per heavy atom. The lowest BCUT2D eigenvalue weighted by molar-refractivity contribution is -0.135. The summed E-state index contributed by atoms with van der Waals surface area (Å²) >= 11 is 0. The van der Waals surface area contributed by atoms with Crippen LogP contribution in [-0.2, 0) is 4.79 Å². The SMILES string of the molecule is O=C(NC(C1CC1)C1CC1)[C@@]12CCCC[C@H]1CNC2. The molecule has 0 bridgehead atoms. The molecule has 0 aromatic heterocycles. The Labute approximate surface area is 115 Å². The third kappa shape index (κ3) is 2.10. The lowest BCUT2D eigenvalue weighted by Crippen LogP contribution is -2.51. The normalized spacial score (nSPS) is 38.3. The molecule has 0 unspecified atom stereocenters. The van der Waals surface area contributed by atoms with Crippen LogP contribution in [0.25, 0.3) is 0 Å². The third-order valence-corrected chi connectivity index (χ3v) is 6.05. The van der Waals surface area contributed by atoms with Gasteiger partial charge in [0.15, 0.2) is 0 Å². The zero-order chi connectivity index (χ0) is 12.9. The quantitative estimate of drug-likeness (QED) is 0.814. The summed E-state index contributed by atoms with van der Waals surface area (Å²) in [5.74, 6) is 2.61. The first-order valence-electron chi connectivity index (χ1n) is 8.31. The molecule has 3 heteroatoms. The van der Waals surface area contributed by atoms with Crippen LogP contribution in [0.5, 0.6) is 0 Å². The van der Waals surface area contributed by atoms with E-state index in [9.17, 15) is 4.79 Å². The molecule has 106 valence electrons. The Morgan fingerprint density at radius 1 is 1.11 bits per heavy atom. The summed E-state index contributed by atoms with van der Waals surface area (Å²) in [5.41, 5.74) is -0.0553. The van der Waals surface area contributed by atoms with Crippen molar-refractivity contribution in [2.75, 3.05) is 13.1 Å². The molecule has 1 saturated heterocycles. The summed E-state index contributed by atoms with van der Waals surface area (Å²) in [7, 11) is 0. The van der Waals surface area contributed by atoms with Crippen LogP contribution in [-0.4, -0.2) is 25.0 Å². The molecule has 4 aliphatic rings. The first kappa shape index (κ1) is 12.2. The van der Waals surface area contributed by atoms with E-state index in [4.69, 9.17) is 0 Å². The zero-order valence-electron chi connectivity index (χ0n) is 11.8. The van der Waals surface area contributed by atoms with Gasteiger partial charge in [0.2, 0.25) is 5.91 Å². The van der Waals surface area contributed by atoms with Crippen LogP contribution >= 0.6 is 0 Å². The van der Waals surface area contributed by atoms with Crippen molar-refractivity contribution in [1.29, 1.82) is 0 Å². The van der Waals surface area contributed by atoms with Gasteiger partial charge in [0.1, 0.15) is 0 Å². The van der Waals surface area contributed by atoms with Crippen LogP contribution in [0.1, 0.15) is 51.4 Å². The van der Waals surface area contributed by atoms with Gasteiger partial charge < -0.3 is 10.6 Å². The second kappa shape index (κ2) is 4.47. The Kier molecular flexibility index (Phi) is 2.87. The number of hydrogen-bond acceptors (Lipinski definition) is 2. The fraction of sp³-hybridized carbons (Fsp3) is 0.938. The fourth-order valence-corrected chi connectivity index (χ4v) is 4.52. The molecule has 3 aliphatic carbocycles. The number of amides is 1. The van der Waals surface area contributed by atoms with Gasteiger partial charge in [-0.1, -0.05) is 12.8 Å². The number of fused-ring (bicyclic) bond motifs is 1. The highest BCUT2D eigenvalue weighted by molar-refractivity contribution is 5.84. The van der Waals surface area contributed by atoms with Crippen LogP contribution in [0.3, 0.4) is 0 Å². The van der Waals surface area contributed by atoms with Gasteiger partial charge in [-0.3, -0.25) is 4.79 Å². The maximum absolute atomic E-state index is 12.9. The van der Waals surface area contributed by atoms with Gasteiger partial charge in [0.05, 0.1) is 5.41 Å². The predicted octanol–water partition coefficient (Wildman–Crippen LogP) is 2.07. The molecule has 4 fully saturated rings. The van der Waals surface area contributed by atoms with Gasteiger partial charge in [-0.2, -0.15) is 0 Å². The molecule has 3 nitrogen and oxygen atoms in total. The molecule has 0 spiro atoms. The van der Waals surface area contributed by atoms with Crippen molar-refractivity contribution in [3.8, 4) is 0 Å². The fourth-order valence-electron chi connectivity index (χ4n) is 4.52. The van der Waals surface area contributed by atoms with Gasteiger partial charge in [-0.15, -0.1) is 0 Å². The van der Waals surface area contributed by atoms with Crippen molar-refractivity contribution in [2.45, 2.75) is 57.4 Å². The molecule has 2 N–H and O–H groups in total. The molecule has 4 rings (SSSR count). The molecular weight excluding hydrogens is 236 g/mol. The molecule has 0 radical (unpaired) electrons. The summed E-state index contributed by atoms with van der Waals surface area (Å²) in [6.07, 6.45) is 10.3. The number of carbonyl (C=O) groups is 1. The van der Waals surface area contributed by atoms with E-state index in [1.165, 1.54) is 44.9 Å². The Hall–Kier alpha value is -0.570. The van der Waals surface area contributed by atoms with Crippen molar-refractivity contribution in [2.24, 2.45) is 23.2 Å². The predicted molar refractivity (Wildman–Crippen MR) is 74.6 cm³/mol. The van der Waals surface area contributed by atoms with E-state index in [0.29, 0.717) is 17.9 Å². The molecule has 2 atom stereocenters. The van der Waals surface area contributed by atoms with Crippen LogP contribution in [0.15, 0.2) is 0 Å². The lowest BCUT2D eigenvalue weighted by atomic mass is 9.67. The van der Waals surface area contributed by atoms with E-state index >= 15 is 0 Å². The molecule has 1 aliphatic heterocycles. The number of nitrogens with one attached hydrogen (secondary N) is 2. The molecule has 1 amide bonds. The van der Waals surface area contributed by atoms with Crippen LogP contribution in [0.4, 0.5) is 0 Å². The van der Waals surface area contributed by atoms with Crippen LogP contribution in [0, 0.1) is 23.2 Å². The van der Waals surface area contributed by atoms with Crippen LogP contribution in [0.2, 0.25) is 0 Å². The Balaban J connectivity index is 1.48. The molecule has 1 heterocycles. The van der Waals surface area contributed by atoms with E-state index in [2.05, 4.69) is 10.6 Å². The number of hydrogen-bond donors (Lipinski definition) is 2. The second-order valence-electron chi connectivity index (χ2n) is 7.40. The summed E-state index contributed by atoms with van der Waals surface area (Å²) in [5, 5.41) is 6.98. The maximum atomic E-state index is 12.9. The highest BCUT2D eigenvalue weighted by Gasteiger charge is 2.52. The zero-order valence-corrected chi connectivity index (χ0v) is 11.8. The average molecular weight is 262 g/mol. The Morgan fingerprint density at radius 2 is 1.84 bits per heavy atom. The summed E-state index contributed by atoms with van der Waals surface area (Å²) in [6.45, 7) is 1.98. The van der Waals surface area contributed by atoms with Gasteiger partial charge >= 0.3 is 0 Å². The van der Waals surface area contributed by atoms with E-state index in [1.807, 2.05) is 0 Å². The van der Waals surface area contributed by atoms with Crippen molar-refractivity contribution in [3.05, 3.63) is 0 Å². The molecule has 19 heavy (non-hydrogen) atoms. The van der Waals surface area contributed by atoms with Crippen molar-refractivity contribution < 1.29 is 4.79 Å². The van der Waals surface area contributed by atoms with Crippen LogP contribution < -0.4 is 10.6 Å². The highest BCUT2D eigenvalue weighted by Crippen LogP contribution is 2.47. The maximum Gasteiger partial charge on any atom is 0.228 e. The number of carbonyl (C=O) groups excluding carboxylic acids is 1. The first-order valence-corrected chi connectivity index (χ1v) is 8.31. The monoisotopic (exact) mass is 262 g/mol. The third-order valence-electron chi connectivity index (χ3n) is 6.05. The standard InChI is InChI=1S/C16H26N2O/c19-15(18-14(11-4-5-11)12-6-7-12)16-8-2-1-3-13(16)9-17-10-16/h11-14,17H,1-10H2,(H,18,19)/t13-,16+/m0/s1. The molecule has 0 aromatic carbocycles. The topological polar surface area (TPSA) is 41.1 Å². The lowest BCUT2D eigenvalue weighted by Gasteiger charge is -2.38. The van der Waals surface area contributed by atoms with Gasteiger partial charge in [-0.25, -0.2) is 0 Å². The average Bonchev–Trinajstić information content (AvgIpc) is 3.33. The van der Waals surface area contributed by atoms with Crippen molar-refractivity contribution in [3.63, 3.8) is 0 Å². The minimum atomic E-state index is -0.0553. The largest absolute Gasteiger partial charge is 0.352 e. The van der Waals surface area contributed by atoms with Crippen molar-refractivity contribution in [1.82, 2.24) is 10.6 Å². The van der Waals surface area contributed by atoms with Gasteiger partial charge in [0.25, 0.3) is 0 Å². The minimum Gasteiger partial charge on any atom is -0.352 e. The van der Waals surface area contributed by atoms with Gasteiger partial charge in [-0.05, 0) is 62.8 Å². The molecule has 3 saturated carbocycles. The molecular formula is C16H26N2O. The van der Waals surface area contributed by atoms with E-state index in [0.717, 1.165) is 31.3 Å². The number of rotatable bonds is 4. The van der Waals surface area contributed by atoms with E-state index in [-0.39, 0.29) is 5.41 Å². The summed E-state index contributed by atoms with van der Waals surface area (Å²) < 4.78 is 0. The minimum absolute atomic E-state index is 0.0553. The highest BCUT2D eigenvalue weighted by atomic mass is 16.2. The smallest absolute Gasteiger partial charge is 0.228 e. The Bertz CT molecular complexity index is 363. The summed E-state index contributed by atoms with van der Waals surface area (Å²) in [6, 6.07) is 0.519. The first-order chi connectivity index (χ1) is 9.29. The van der Waals surface area contributed by atoms with E-state index < -0.39 is 0 Å².